The number of carboxylic acids is 1. The van der Waals surface area contributed by atoms with Crippen molar-refractivity contribution in [2.24, 2.45) is 0 Å². The summed E-state index contributed by atoms with van der Waals surface area (Å²) in [5.74, 6) is -1.79. The molecule has 0 aliphatic carbocycles. The van der Waals surface area contributed by atoms with Gasteiger partial charge in [-0.25, -0.2) is 14.0 Å². The minimum Gasteiger partial charge on any atom is -0.480 e. The molecule has 1 atom stereocenters. The number of hydrogen-bond donors (Lipinski definition) is 4. The number of aliphatic hydroxyl groups is 1. The Balaban J connectivity index is 2.67. The number of urea groups is 1. The molecule has 1 rings (SSSR count). The fourth-order valence-corrected chi connectivity index (χ4v) is 1.71. The summed E-state index contributed by atoms with van der Waals surface area (Å²) in [6, 6.07) is 1.56. The monoisotopic (exact) mass is 368 g/mol. The van der Waals surface area contributed by atoms with Crippen LogP contribution in [0.25, 0.3) is 0 Å². The van der Waals surface area contributed by atoms with Gasteiger partial charge in [-0.15, -0.1) is 0 Å². The summed E-state index contributed by atoms with van der Waals surface area (Å²) < 4.78 is 13.3. The fourth-order valence-electron chi connectivity index (χ4n) is 1.09. The number of amides is 2. The molecule has 0 fully saturated rings. The van der Waals surface area contributed by atoms with Crippen LogP contribution < -0.4 is 10.6 Å². The van der Waals surface area contributed by atoms with Crippen LogP contribution in [0.2, 0.25) is 0 Å². The zero-order valence-electron chi connectivity index (χ0n) is 8.98. The third kappa shape index (κ3) is 4.11. The quantitative estimate of drug-likeness (QED) is 0.596. The maximum atomic E-state index is 12.8. The summed E-state index contributed by atoms with van der Waals surface area (Å²) in [6.45, 7) is -0.719. The number of halogens is 2. The van der Waals surface area contributed by atoms with E-state index in [1.807, 2.05) is 22.6 Å². The van der Waals surface area contributed by atoms with Crippen LogP contribution in [0.15, 0.2) is 18.2 Å². The van der Waals surface area contributed by atoms with Gasteiger partial charge in [0.15, 0.2) is 6.04 Å². The van der Waals surface area contributed by atoms with E-state index in [-0.39, 0.29) is 0 Å². The van der Waals surface area contributed by atoms with Crippen LogP contribution >= 0.6 is 22.6 Å². The average Bonchev–Trinajstić information content (AvgIpc) is 2.29. The molecule has 0 heterocycles. The molecule has 18 heavy (non-hydrogen) atoms. The van der Waals surface area contributed by atoms with E-state index in [9.17, 15) is 14.0 Å². The highest BCUT2D eigenvalue weighted by Gasteiger charge is 2.18. The Labute approximate surface area is 115 Å². The van der Waals surface area contributed by atoms with Crippen molar-refractivity contribution in [1.82, 2.24) is 5.32 Å². The molecule has 1 aromatic rings. The molecule has 0 aliphatic heterocycles. The van der Waals surface area contributed by atoms with E-state index in [1.54, 1.807) is 0 Å². The number of aliphatic carboxylic acids is 1. The number of hydrogen-bond acceptors (Lipinski definition) is 3. The second-order valence-electron chi connectivity index (χ2n) is 3.30. The lowest BCUT2D eigenvalue weighted by atomic mass is 10.3. The molecule has 6 nitrogen and oxygen atoms in total. The van der Waals surface area contributed by atoms with Crippen molar-refractivity contribution < 1.29 is 24.2 Å². The predicted octanol–water partition coefficient (Wildman–Crippen LogP) is 0.997. The number of aliphatic hydroxyl groups excluding tert-OH is 1. The predicted molar refractivity (Wildman–Crippen MR) is 69.8 cm³/mol. The molecule has 98 valence electrons. The van der Waals surface area contributed by atoms with Crippen LogP contribution in [-0.2, 0) is 4.79 Å². The largest absolute Gasteiger partial charge is 0.480 e. The zero-order chi connectivity index (χ0) is 13.7. The van der Waals surface area contributed by atoms with Gasteiger partial charge in [-0.05, 0) is 40.8 Å². The van der Waals surface area contributed by atoms with Crippen molar-refractivity contribution in [3.63, 3.8) is 0 Å². The lowest BCUT2D eigenvalue weighted by molar-refractivity contribution is -0.140. The van der Waals surface area contributed by atoms with Crippen molar-refractivity contribution in [3.8, 4) is 0 Å². The van der Waals surface area contributed by atoms with Gasteiger partial charge in [-0.1, -0.05) is 0 Å². The Morgan fingerprint density at radius 3 is 2.61 bits per heavy atom. The van der Waals surface area contributed by atoms with E-state index < -0.39 is 30.5 Å². The van der Waals surface area contributed by atoms with Crippen molar-refractivity contribution >= 4 is 40.3 Å². The van der Waals surface area contributed by atoms with Crippen LogP contribution in [0.5, 0.6) is 0 Å². The van der Waals surface area contributed by atoms with Gasteiger partial charge in [0.2, 0.25) is 0 Å². The average molecular weight is 368 g/mol. The summed E-state index contributed by atoms with van der Waals surface area (Å²) in [7, 11) is 0. The van der Waals surface area contributed by atoms with Gasteiger partial charge in [0.25, 0.3) is 0 Å². The molecular formula is C10H10FIN2O4. The Morgan fingerprint density at radius 1 is 1.44 bits per heavy atom. The van der Waals surface area contributed by atoms with Crippen LogP contribution in [0, 0.1) is 9.39 Å². The van der Waals surface area contributed by atoms with Crippen LogP contribution in [0.1, 0.15) is 0 Å². The lowest BCUT2D eigenvalue weighted by Gasteiger charge is -2.13. The first-order valence-corrected chi connectivity index (χ1v) is 5.88. The first-order chi connectivity index (χ1) is 8.43. The Morgan fingerprint density at radius 2 is 2.11 bits per heavy atom. The second kappa shape index (κ2) is 6.50. The van der Waals surface area contributed by atoms with Gasteiger partial charge in [-0.2, -0.15) is 0 Å². The molecule has 0 spiro atoms. The maximum Gasteiger partial charge on any atom is 0.328 e. The number of nitrogens with one attached hydrogen (secondary N) is 2. The van der Waals surface area contributed by atoms with Gasteiger partial charge in [0, 0.05) is 3.57 Å². The molecule has 0 aliphatic rings. The van der Waals surface area contributed by atoms with E-state index in [0.717, 1.165) is 0 Å². The summed E-state index contributed by atoms with van der Waals surface area (Å²) in [6.07, 6.45) is 0. The first kappa shape index (κ1) is 14.6. The molecular weight excluding hydrogens is 358 g/mol. The van der Waals surface area contributed by atoms with Crippen molar-refractivity contribution in [2.45, 2.75) is 6.04 Å². The third-order valence-electron chi connectivity index (χ3n) is 1.97. The molecule has 4 N–H and O–H groups in total. The van der Waals surface area contributed by atoms with E-state index in [1.165, 1.54) is 18.2 Å². The number of carbonyl (C=O) groups is 2. The van der Waals surface area contributed by atoms with Crippen LogP contribution in [-0.4, -0.2) is 34.9 Å². The molecule has 8 heteroatoms. The van der Waals surface area contributed by atoms with Crippen molar-refractivity contribution in [2.75, 3.05) is 11.9 Å². The summed E-state index contributed by atoms with van der Waals surface area (Å²) >= 11 is 1.83. The van der Waals surface area contributed by atoms with Gasteiger partial charge >= 0.3 is 12.0 Å². The molecule has 0 bridgehead atoms. The topological polar surface area (TPSA) is 98.7 Å². The van der Waals surface area contributed by atoms with E-state index in [4.69, 9.17) is 10.2 Å². The number of carboxylic acid groups (broad SMARTS) is 1. The standard InChI is InChI=1S/C10H10FIN2O4/c11-5-1-2-7(6(12)3-5)13-10(18)14-8(4-15)9(16)17/h1-3,8,15H,4H2,(H,16,17)(H2,13,14,18). The minimum absolute atomic E-state index is 0.344. The normalized spacial score (nSPS) is 11.7. The Kier molecular flexibility index (Phi) is 5.28. The van der Waals surface area contributed by atoms with Crippen LogP contribution in [0.3, 0.4) is 0 Å². The molecule has 0 aromatic heterocycles. The Hall–Kier alpha value is -1.42. The summed E-state index contributed by atoms with van der Waals surface area (Å²) in [5.41, 5.74) is 0.344. The number of carbonyl (C=O) groups excluding carboxylic acids is 1. The van der Waals surface area contributed by atoms with Crippen molar-refractivity contribution in [1.29, 1.82) is 0 Å². The lowest BCUT2D eigenvalue weighted by Crippen LogP contribution is -2.45. The highest BCUT2D eigenvalue weighted by atomic mass is 127. The summed E-state index contributed by atoms with van der Waals surface area (Å²) in [4.78, 5) is 22.0. The smallest absolute Gasteiger partial charge is 0.328 e. The minimum atomic E-state index is -1.39. The molecule has 0 saturated heterocycles. The maximum absolute atomic E-state index is 12.8. The first-order valence-electron chi connectivity index (χ1n) is 4.80. The van der Waals surface area contributed by atoms with Gasteiger partial charge in [0.05, 0.1) is 12.3 Å². The van der Waals surface area contributed by atoms with Gasteiger partial charge < -0.3 is 20.8 Å². The highest BCUT2D eigenvalue weighted by molar-refractivity contribution is 14.1. The van der Waals surface area contributed by atoms with E-state index in [0.29, 0.717) is 9.26 Å². The zero-order valence-corrected chi connectivity index (χ0v) is 11.1. The third-order valence-corrected chi connectivity index (χ3v) is 2.86. The molecule has 0 radical (unpaired) electrons. The SMILES string of the molecule is O=C(Nc1ccc(F)cc1I)NC(CO)C(=O)O. The van der Waals surface area contributed by atoms with E-state index >= 15 is 0 Å². The van der Waals surface area contributed by atoms with E-state index in [2.05, 4.69) is 10.6 Å². The summed E-state index contributed by atoms with van der Waals surface area (Å²) in [5, 5.41) is 21.8. The molecule has 2 amide bonds. The number of anilines is 1. The molecule has 1 unspecified atom stereocenters. The fraction of sp³-hybridized carbons (Fsp3) is 0.200. The van der Waals surface area contributed by atoms with Crippen molar-refractivity contribution in [3.05, 3.63) is 27.6 Å². The number of benzene rings is 1. The van der Waals surface area contributed by atoms with Gasteiger partial charge in [0.1, 0.15) is 5.82 Å². The number of rotatable bonds is 4. The molecule has 0 saturated carbocycles. The molecule has 1 aromatic carbocycles. The van der Waals surface area contributed by atoms with Crippen LogP contribution in [0.4, 0.5) is 14.9 Å². The Bertz CT molecular complexity index is 469. The second-order valence-corrected chi connectivity index (χ2v) is 4.46. The highest BCUT2D eigenvalue weighted by Crippen LogP contribution is 2.18. The van der Waals surface area contributed by atoms with Gasteiger partial charge in [-0.3, -0.25) is 0 Å².